The van der Waals surface area contributed by atoms with Gasteiger partial charge in [-0.15, -0.1) is 0 Å². The molecule has 1 aromatic heterocycles. The molecule has 6 heteroatoms. The topological polar surface area (TPSA) is 41.4 Å². The SMILES string of the molecule is CCCCN(C)C(=O)C1CCN(Cc2nc3ccccc3n2-c2ccc(Br)cc2)CC1. The highest BCUT2D eigenvalue weighted by atomic mass is 79.9. The Kier molecular flexibility index (Phi) is 7.08. The number of imidazole rings is 1. The zero-order chi connectivity index (χ0) is 21.8. The number of piperidine rings is 1. The minimum absolute atomic E-state index is 0.156. The Morgan fingerprint density at radius 3 is 2.55 bits per heavy atom. The van der Waals surface area contributed by atoms with Gasteiger partial charge in [0.05, 0.1) is 17.6 Å². The van der Waals surface area contributed by atoms with E-state index in [-0.39, 0.29) is 5.92 Å². The second-order valence-electron chi connectivity index (χ2n) is 8.49. The first-order valence-corrected chi connectivity index (χ1v) is 12.1. The van der Waals surface area contributed by atoms with Gasteiger partial charge in [-0.25, -0.2) is 4.98 Å². The first-order valence-electron chi connectivity index (χ1n) is 11.3. The summed E-state index contributed by atoms with van der Waals surface area (Å²) in [5, 5.41) is 0. The van der Waals surface area contributed by atoms with Crippen LogP contribution in [0.3, 0.4) is 0 Å². The van der Waals surface area contributed by atoms with Gasteiger partial charge in [0.15, 0.2) is 0 Å². The van der Waals surface area contributed by atoms with Gasteiger partial charge in [0, 0.05) is 29.7 Å². The lowest BCUT2D eigenvalue weighted by molar-refractivity contribution is -0.135. The van der Waals surface area contributed by atoms with E-state index in [0.717, 1.165) is 78.9 Å². The van der Waals surface area contributed by atoms with Gasteiger partial charge in [-0.1, -0.05) is 41.4 Å². The lowest BCUT2D eigenvalue weighted by atomic mass is 9.95. The van der Waals surface area contributed by atoms with Gasteiger partial charge in [0.2, 0.25) is 5.91 Å². The van der Waals surface area contributed by atoms with E-state index in [2.05, 4.69) is 74.8 Å². The summed E-state index contributed by atoms with van der Waals surface area (Å²) >= 11 is 3.53. The van der Waals surface area contributed by atoms with Gasteiger partial charge in [0.1, 0.15) is 5.82 Å². The van der Waals surface area contributed by atoms with Crippen molar-refractivity contribution in [2.24, 2.45) is 5.92 Å². The van der Waals surface area contributed by atoms with Crippen molar-refractivity contribution >= 4 is 32.9 Å². The van der Waals surface area contributed by atoms with Gasteiger partial charge in [-0.3, -0.25) is 14.3 Å². The van der Waals surface area contributed by atoms with Crippen molar-refractivity contribution in [2.75, 3.05) is 26.7 Å². The Morgan fingerprint density at radius 2 is 1.84 bits per heavy atom. The molecule has 3 aromatic rings. The van der Waals surface area contributed by atoms with Gasteiger partial charge in [-0.05, 0) is 68.8 Å². The molecule has 1 amide bonds. The highest BCUT2D eigenvalue weighted by Gasteiger charge is 2.28. The van der Waals surface area contributed by atoms with E-state index in [1.807, 2.05) is 18.0 Å². The van der Waals surface area contributed by atoms with E-state index < -0.39 is 0 Å². The molecule has 0 unspecified atom stereocenters. The monoisotopic (exact) mass is 482 g/mol. The smallest absolute Gasteiger partial charge is 0.225 e. The summed E-state index contributed by atoms with van der Waals surface area (Å²) in [6.45, 7) is 5.69. The molecule has 0 bridgehead atoms. The summed E-state index contributed by atoms with van der Waals surface area (Å²) in [5.41, 5.74) is 3.26. The van der Waals surface area contributed by atoms with E-state index >= 15 is 0 Å². The van der Waals surface area contributed by atoms with Crippen LogP contribution in [-0.4, -0.2) is 51.9 Å². The summed E-state index contributed by atoms with van der Waals surface area (Å²) in [6, 6.07) is 16.7. The number of aromatic nitrogens is 2. The zero-order valence-electron chi connectivity index (χ0n) is 18.4. The Morgan fingerprint density at radius 1 is 1.13 bits per heavy atom. The molecule has 1 aliphatic heterocycles. The Labute approximate surface area is 193 Å². The summed E-state index contributed by atoms with van der Waals surface area (Å²) in [6.07, 6.45) is 4.05. The highest BCUT2D eigenvalue weighted by molar-refractivity contribution is 9.10. The van der Waals surface area contributed by atoms with Gasteiger partial charge in [0.25, 0.3) is 0 Å². The minimum Gasteiger partial charge on any atom is -0.346 e. The molecule has 0 radical (unpaired) electrons. The van der Waals surface area contributed by atoms with E-state index in [4.69, 9.17) is 4.98 Å². The number of fused-ring (bicyclic) bond motifs is 1. The third kappa shape index (κ3) is 5.01. The van der Waals surface area contributed by atoms with Crippen molar-refractivity contribution in [2.45, 2.75) is 39.2 Å². The normalized spacial score (nSPS) is 15.5. The lowest BCUT2D eigenvalue weighted by Crippen LogP contribution is -2.41. The minimum atomic E-state index is 0.156. The van der Waals surface area contributed by atoms with Crippen molar-refractivity contribution in [1.82, 2.24) is 19.4 Å². The molecule has 0 saturated carbocycles. The fourth-order valence-electron chi connectivity index (χ4n) is 4.42. The van der Waals surface area contributed by atoms with Crippen LogP contribution >= 0.6 is 15.9 Å². The lowest BCUT2D eigenvalue weighted by Gasteiger charge is -2.33. The molecule has 0 atom stereocenters. The first kappa shape index (κ1) is 22.0. The molecule has 1 saturated heterocycles. The quantitative estimate of drug-likeness (QED) is 0.461. The van der Waals surface area contributed by atoms with Crippen LogP contribution in [0, 0.1) is 5.92 Å². The van der Waals surface area contributed by atoms with Gasteiger partial charge >= 0.3 is 0 Å². The molecule has 0 spiro atoms. The number of amides is 1. The highest BCUT2D eigenvalue weighted by Crippen LogP contribution is 2.26. The van der Waals surface area contributed by atoms with Crippen molar-refractivity contribution in [3.05, 3.63) is 58.8 Å². The second kappa shape index (κ2) is 9.96. The molecular formula is C25H31BrN4O. The Balaban J connectivity index is 1.48. The number of carbonyl (C=O) groups is 1. The average molecular weight is 483 g/mol. The summed E-state index contributed by atoms with van der Waals surface area (Å²) in [7, 11) is 1.95. The van der Waals surface area contributed by atoms with Crippen molar-refractivity contribution < 1.29 is 4.79 Å². The predicted octanol–water partition coefficient (Wildman–Crippen LogP) is 5.26. The molecule has 4 rings (SSSR count). The largest absolute Gasteiger partial charge is 0.346 e. The maximum absolute atomic E-state index is 12.7. The van der Waals surface area contributed by atoms with E-state index in [1.165, 1.54) is 0 Å². The van der Waals surface area contributed by atoms with Gasteiger partial charge in [-0.2, -0.15) is 0 Å². The van der Waals surface area contributed by atoms with Crippen LogP contribution in [0.2, 0.25) is 0 Å². The third-order valence-electron chi connectivity index (χ3n) is 6.24. The number of carbonyl (C=O) groups excluding carboxylic acids is 1. The number of hydrogen-bond acceptors (Lipinski definition) is 3. The van der Waals surface area contributed by atoms with Gasteiger partial charge < -0.3 is 4.90 Å². The van der Waals surface area contributed by atoms with Crippen LogP contribution in [0.4, 0.5) is 0 Å². The number of nitrogens with zero attached hydrogens (tertiary/aromatic N) is 4. The summed E-state index contributed by atoms with van der Waals surface area (Å²) < 4.78 is 3.33. The number of hydrogen-bond donors (Lipinski definition) is 0. The molecule has 1 aliphatic rings. The summed E-state index contributed by atoms with van der Waals surface area (Å²) in [5.74, 6) is 1.52. The Hall–Kier alpha value is -2.18. The van der Waals surface area contributed by atoms with E-state index in [0.29, 0.717) is 5.91 Å². The first-order chi connectivity index (χ1) is 15.1. The molecule has 0 N–H and O–H groups in total. The summed E-state index contributed by atoms with van der Waals surface area (Å²) in [4.78, 5) is 22.1. The fourth-order valence-corrected chi connectivity index (χ4v) is 4.68. The zero-order valence-corrected chi connectivity index (χ0v) is 20.0. The standard InChI is InChI=1S/C25H31BrN4O/c1-3-4-15-28(2)25(31)19-13-16-29(17-14-19)18-24-27-22-7-5-6-8-23(22)30(24)21-11-9-20(26)10-12-21/h5-12,19H,3-4,13-18H2,1-2H3. The maximum Gasteiger partial charge on any atom is 0.225 e. The van der Waals surface area contributed by atoms with Crippen molar-refractivity contribution in [3.63, 3.8) is 0 Å². The average Bonchev–Trinajstić information content (AvgIpc) is 3.16. The number of unbranched alkanes of at least 4 members (excludes halogenated alkanes) is 1. The number of likely N-dealkylation sites (tertiary alicyclic amines) is 1. The van der Waals surface area contributed by atoms with Crippen molar-refractivity contribution in [3.8, 4) is 5.69 Å². The van der Waals surface area contributed by atoms with Crippen LogP contribution in [0.25, 0.3) is 16.7 Å². The maximum atomic E-state index is 12.7. The van der Waals surface area contributed by atoms with Crippen LogP contribution in [0.1, 0.15) is 38.4 Å². The van der Waals surface area contributed by atoms with Crippen LogP contribution < -0.4 is 0 Å². The predicted molar refractivity (Wildman–Crippen MR) is 129 cm³/mol. The molecule has 5 nitrogen and oxygen atoms in total. The van der Waals surface area contributed by atoms with Crippen molar-refractivity contribution in [1.29, 1.82) is 0 Å². The number of para-hydroxylation sites is 2. The third-order valence-corrected chi connectivity index (χ3v) is 6.77. The molecule has 1 fully saturated rings. The number of rotatable bonds is 7. The number of halogens is 1. The molecule has 2 aromatic carbocycles. The van der Waals surface area contributed by atoms with E-state index in [9.17, 15) is 4.79 Å². The molecule has 31 heavy (non-hydrogen) atoms. The molecule has 0 aliphatic carbocycles. The second-order valence-corrected chi connectivity index (χ2v) is 9.41. The molecule has 2 heterocycles. The molecule has 164 valence electrons. The van der Waals surface area contributed by atoms with Crippen LogP contribution in [-0.2, 0) is 11.3 Å². The van der Waals surface area contributed by atoms with Crippen LogP contribution in [0.5, 0.6) is 0 Å². The molecular weight excluding hydrogens is 452 g/mol. The Bertz CT molecular complexity index is 1020. The fraction of sp³-hybridized carbons (Fsp3) is 0.440. The number of benzene rings is 2. The van der Waals surface area contributed by atoms with E-state index in [1.54, 1.807) is 0 Å². The van der Waals surface area contributed by atoms with Crippen LogP contribution in [0.15, 0.2) is 53.0 Å².